The molecule has 0 aliphatic carbocycles. The molecule has 4 heteroatoms. The van der Waals surface area contributed by atoms with Crippen molar-refractivity contribution in [2.24, 2.45) is 0 Å². The number of nitrogens with zero attached hydrogens (tertiary/aromatic N) is 1. The van der Waals surface area contributed by atoms with E-state index in [2.05, 4.69) is 11.9 Å². The van der Waals surface area contributed by atoms with E-state index in [-0.39, 0.29) is 5.69 Å². The van der Waals surface area contributed by atoms with E-state index in [1.54, 1.807) is 10.6 Å². The molecule has 2 aromatic rings. The third-order valence-electron chi connectivity index (χ3n) is 2.78. The number of fused-ring (bicyclic) bond motifs is 1. The third kappa shape index (κ3) is 1.96. The number of rotatable bonds is 4. The van der Waals surface area contributed by atoms with Gasteiger partial charge in [-0.2, -0.15) is 0 Å². The number of imidazole rings is 1. The van der Waals surface area contributed by atoms with Gasteiger partial charge in [-0.05, 0) is 24.6 Å². The highest BCUT2D eigenvalue weighted by atomic mass is 16.1. The molecule has 0 saturated heterocycles. The van der Waals surface area contributed by atoms with Crippen molar-refractivity contribution in [3.05, 3.63) is 28.7 Å². The van der Waals surface area contributed by atoms with Crippen LogP contribution in [-0.4, -0.2) is 9.55 Å². The molecule has 0 spiro atoms. The quantitative estimate of drug-likeness (QED) is 0.611. The van der Waals surface area contributed by atoms with Gasteiger partial charge in [0.05, 0.1) is 11.0 Å². The number of nitrogens with two attached hydrogens (primary N) is 1. The zero-order valence-corrected chi connectivity index (χ0v) is 9.49. The van der Waals surface area contributed by atoms with E-state index >= 15 is 0 Å². The van der Waals surface area contributed by atoms with Gasteiger partial charge in [-0.3, -0.25) is 4.57 Å². The van der Waals surface area contributed by atoms with Crippen LogP contribution in [0.5, 0.6) is 0 Å². The van der Waals surface area contributed by atoms with Crippen molar-refractivity contribution >= 4 is 16.7 Å². The Morgan fingerprint density at radius 3 is 2.94 bits per heavy atom. The predicted octanol–water partition coefficient (Wildman–Crippen LogP) is 2.10. The van der Waals surface area contributed by atoms with Gasteiger partial charge in [0.25, 0.3) is 0 Å². The van der Waals surface area contributed by atoms with Crippen LogP contribution in [0.15, 0.2) is 23.0 Å². The largest absolute Gasteiger partial charge is 0.399 e. The number of hydrogen-bond donors (Lipinski definition) is 2. The van der Waals surface area contributed by atoms with E-state index in [9.17, 15) is 4.79 Å². The van der Waals surface area contributed by atoms with Gasteiger partial charge in [0.2, 0.25) is 0 Å². The Hall–Kier alpha value is -1.71. The number of nitrogen functional groups attached to an aromatic ring is 1. The molecule has 0 amide bonds. The highest BCUT2D eigenvalue weighted by Gasteiger charge is 2.05. The van der Waals surface area contributed by atoms with Gasteiger partial charge in [0, 0.05) is 12.2 Å². The summed E-state index contributed by atoms with van der Waals surface area (Å²) in [6, 6.07) is 5.52. The Kier molecular flexibility index (Phi) is 2.99. The summed E-state index contributed by atoms with van der Waals surface area (Å²) >= 11 is 0. The standard InChI is InChI=1S/C12H17N3O/c1-2-3-4-7-15-11-6-5-9(13)8-10(11)14-12(15)16/h5-6,8H,2-4,7,13H2,1H3,(H,14,16). The van der Waals surface area contributed by atoms with E-state index in [1.165, 1.54) is 0 Å². The topological polar surface area (TPSA) is 63.8 Å². The van der Waals surface area contributed by atoms with Crippen LogP contribution in [0.2, 0.25) is 0 Å². The van der Waals surface area contributed by atoms with Crippen molar-refractivity contribution in [2.75, 3.05) is 5.73 Å². The molecule has 2 rings (SSSR count). The fourth-order valence-corrected chi connectivity index (χ4v) is 1.92. The predicted molar refractivity (Wildman–Crippen MR) is 66.5 cm³/mol. The number of unbranched alkanes of at least 4 members (excludes halogenated alkanes) is 2. The summed E-state index contributed by atoms with van der Waals surface area (Å²) in [5, 5.41) is 0. The first-order chi connectivity index (χ1) is 7.72. The van der Waals surface area contributed by atoms with Gasteiger partial charge in [0.15, 0.2) is 0 Å². The lowest BCUT2D eigenvalue weighted by Crippen LogP contribution is -2.16. The summed E-state index contributed by atoms with van der Waals surface area (Å²) in [6.45, 7) is 2.93. The molecular formula is C12H17N3O. The number of aromatic nitrogens is 2. The molecule has 0 fully saturated rings. The summed E-state index contributed by atoms with van der Waals surface area (Å²) in [5.74, 6) is 0. The van der Waals surface area contributed by atoms with Crippen molar-refractivity contribution in [1.82, 2.24) is 9.55 Å². The summed E-state index contributed by atoms with van der Waals surface area (Å²) in [5.41, 5.74) is 8.07. The van der Waals surface area contributed by atoms with Crippen LogP contribution in [0.1, 0.15) is 26.2 Å². The fourth-order valence-electron chi connectivity index (χ4n) is 1.92. The minimum atomic E-state index is -0.0447. The molecule has 4 nitrogen and oxygen atoms in total. The molecule has 0 saturated carbocycles. The summed E-state index contributed by atoms with van der Waals surface area (Å²) in [6.07, 6.45) is 3.34. The molecule has 1 aromatic heterocycles. The first-order valence-electron chi connectivity index (χ1n) is 5.70. The number of benzene rings is 1. The average Bonchev–Trinajstić information content (AvgIpc) is 2.55. The van der Waals surface area contributed by atoms with Crippen LogP contribution < -0.4 is 11.4 Å². The second-order valence-corrected chi connectivity index (χ2v) is 4.07. The Morgan fingerprint density at radius 1 is 1.38 bits per heavy atom. The van der Waals surface area contributed by atoms with Gasteiger partial charge >= 0.3 is 5.69 Å². The van der Waals surface area contributed by atoms with E-state index in [0.717, 1.165) is 36.8 Å². The SMILES string of the molecule is CCCCCn1c(=O)[nH]c2cc(N)ccc21. The minimum Gasteiger partial charge on any atom is -0.399 e. The second kappa shape index (κ2) is 4.43. The Morgan fingerprint density at radius 2 is 2.19 bits per heavy atom. The fraction of sp³-hybridized carbons (Fsp3) is 0.417. The van der Waals surface area contributed by atoms with Crippen LogP contribution in [0.4, 0.5) is 5.69 Å². The van der Waals surface area contributed by atoms with Crippen LogP contribution in [0, 0.1) is 0 Å². The number of nitrogens with one attached hydrogen (secondary N) is 1. The minimum absolute atomic E-state index is 0.0447. The zero-order chi connectivity index (χ0) is 11.5. The molecular weight excluding hydrogens is 202 g/mol. The lowest BCUT2D eigenvalue weighted by Gasteiger charge is -2.02. The van der Waals surface area contributed by atoms with E-state index in [4.69, 9.17) is 5.73 Å². The molecule has 0 unspecified atom stereocenters. The first-order valence-corrected chi connectivity index (χ1v) is 5.70. The number of H-pyrrole nitrogens is 1. The van der Waals surface area contributed by atoms with Crippen LogP contribution in [0.25, 0.3) is 11.0 Å². The van der Waals surface area contributed by atoms with E-state index < -0.39 is 0 Å². The molecule has 16 heavy (non-hydrogen) atoms. The van der Waals surface area contributed by atoms with Crippen molar-refractivity contribution in [1.29, 1.82) is 0 Å². The van der Waals surface area contributed by atoms with Gasteiger partial charge in [0.1, 0.15) is 0 Å². The highest BCUT2D eigenvalue weighted by molar-refractivity contribution is 5.78. The monoisotopic (exact) mass is 219 g/mol. The van der Waals surface area contributed by atoms with Crippen LogP contribution in [-0.2, 0) is 6.54 Å². The third-order valence-corrected chi connectivity index (χ3v) is 2.78. The maximum atomic E-state index is 11.7. The van der Waals surface area contributed by atoms with E-state index in [1.807, 2.05) is 12.1 Å². The normalized spacial score (nSPS) is 11.1. The van der Waals surface area contributed by atoms with Crippen LogP contribution >= 0.6 is 0 Å². The molecule has 3 N–H and O–H groups in total. The maximum Gasteiger partial charge on any atom is 0.326 e. The maximum absolute atomic E-state index is 11.7. The number of hydrogen-bond acceptors (Lipinski definition) is 2. The Labute approximate surface area is 94.1 Å². The Balaban J connectivity index is 2.36. The van der Waals surface area contributed by atoms with E-state index in [0.29, 0.717) is 5.69 Å². The highest BCUT2D eigenvalue weighted by Crippen LogP contribution is 2.14. The summed E-state index contributed by atoms with van der Waals surface area (Å²) in [4.78, 5) is 14.5. The number of aryl methyl sites for hydroxylation is 1. The lowest BCUT2D eigenvalue weighted by atomic mass is 10.2. The zero-order valence-electron chi connectivity index (χ0n) is 9.49. The number of anilines is 1. The van der Waals surface area contributed by atoms with Gasteiger partial charge in [-0.15, -0.1) is 0 Å². The smallest absolute Gasteiger partial charge is 0.326 e. The van der Waals surface area contributed by atoms with Crippen molar-refractivity contribution in [3.63, 3.8) is 0 Å². The molecule has 1 aromatic carbocycles. The molecule has 86 valence electrons. The Bertz CT molecular complexity index is 539. The van der Waals surface area contributed by atoms with Gasteiger partial charge < -0.3 is 10.7 Å². The summed E-state index contributed by atoms with van der Waals surface area (Å²) < 4.78 is 1.78. The molecule has 1 heterocycles. The second-order valence-electron chi connectivity index (χ2n) is 4.07. The number of aromatic amines is 1. The van der Waals surface area contributed by atoms with Crippen molar-refractivity contribution in [3.8, 4) is 0 Å². The molecule has 0 aliphatic heterocycles. The lowest BCUT2D eigenvalue weighted by molar-refractivity contribution is 0.601. The molecule has 0 aliphatic rings. The first kappa shape index (κ1) is 10.8. The van der Waals surface area contributed by atoms with Gasteiger partial charge in [-0.25, -0.2) is 4.79 Å². The van der Waals surface area contributed by atoms with Crippen LogP contribution in [0.3, 0.4) is 0 Å². The van der Waals surface area contributed by atoms with Crippen molar-refractivity contribution < 1.29 is 0 Å². The van der Waals surface area contributed by atoms with Crippen molar-refractivity contribution in [2.45, 2.75) is 32.7 Å². The molecule has 0 radical (unpaired) electrons. The van der Waals surface area contributed by atoms with Gasteiger partial charge in [-0.1, -0.05) is 19.8 Å². The molecule has 0 bridgehead atoms. The molecule has 0 atom stereocenters. The summed E-state index contributed by atoms with van der Waals surface area (Å²) in [7, 11) is 0. The average molecular weight is 219 g/mol.